The second-order valence-electron chi connectivity index (χ2n) is 7.93. The first-order valence-electron chi connectivity index (χ1n) is 10.4. The standard InChI is InChI=1S/C23H28BrClN4O2/c24-17-3-6-21(27)20(10-17)23(31)13-28-12-22(30)16-7-8-29(19(9-16)11-26)14-15-1-4-18(25)5-2-15/h1-6,10,16,19,28H,7-9,11-14,26-27H2. The Hall–Kier alpha value is -1.77. The van der Waals surface area contributed by atoms with E-state index < -0.39 is 0 Å². The number of benzene rings is 2. The van der Waals surface area contributed by atoms with E-state index in [0.717, 1.165) is 35.4 Å². The maximum absolute atomic E-state index is 12.7. The van der Waals surface area contributed by atoms with Gasteiger partial charge < -0.3 is 16.8 Å². The minimum absolute atomic E-state index is 0.0476. The van der Waals surface area contributed by atoms with Crippen LogP contribution in [-0.4, -0.2) is 48.7 Å². The molecular formula is C23H28BrClN4O2. The Bertz CT molecular complexity index is 922. The van der Waals surface area contributed by atoms with E-state index in [-0.39, 0.29) is 36.6 Å². The van der Waals surface area contributed by atoms with E-state index in [1.165, 1.54) is 5.56 Å². The molecule has 2 atom stereocenters. The fraction of sp³-hybridized carbons (Fsp3) is 0.391. The molecule has 2 unspecified atom stereocenters. The molecule has 166 valence electrons. The number of rotatable bonds is 9. The van der Waals surface area contributed by atoms with Crippen LogP contribution in [0.25, 0.3) is 0 Å². The van der Waals surface area contributed by atoms with Gasteiger partial charge in [0.1, 0.15) is 5.78 Å². The van der Waals surface area contributed by atoms with Crippen LogP contribution < -0.4 is 16.8 Å². The van der Waals surface area contributed by atoms with Crippen LogP contribution in [0.4, 0.5) is 5.69 Å². The summed E-state index contributed by atoms with van der Waals surface area (Å²) in [7, 11) is 0. The van der Waals surface area contributed by atoms with Gasteiger partial charge in [-0.05, 0) is 55.3 Å². The molecule has 8 heteroatoms. The van der Waals surface area contributed by atoms with Crippen LogP contribution in [0.2, 0.25) is 5.02 Å². The molecule has 1 saturated heterocycles. The van der Waals surface area contributed by atoms with Crippen LogP contribution >= 0.6 is 27.5 Å². The first kappa shape index (κ1) is 23.9. The Balaban J connectivity index is 1.48. The molecule has 6 nitrogen and oxygen atoms in total. The highest BCUT2D eigenvalue weighted by Gasteiger charge is 2.31. The van der Waals surface area contributed by atoms with Crippen LogP contribution in [0.1, 0.15) is 28.8 Å². The van der Waals surface area contributed by atoms with Crippen molar-refractivity contribution in [2.75, 3.05) is 31.9 Å². The van der Waals surface area contributed by atoms with Crippen LogP contribution in [0.5, 0.6) is 0 Å². The van der Waals surface area contributed by atoms with Crippen molar-refractivity contribution in [3.05, 3.63) is 63.1 Å². The number of Topliss-reactive ketones (excluding diaryl/α,β-unsaturated/α-hetero) is 2. The van der Waals surface area contributed by atoms with Crippen LogP contribution in [-0.2, 0) is 11.3 Å². The van der Waals surface area contributed by atoms with E-state index in [4.69, 9.17) is 23.1 Å². The Morgan fingerprint density at radius 2 is 1.90 bits per heavy atom. The number of likely N-dealkylation sites (tertiary alicyclic amines) is 1. The van der Waals surface area contributed by atoms with E-state index in [9.17, 15) is 9.59 Å². The molecule has 1 aliphatic heterocycles. The Morgan fingerprint density at radius 3 is 2.61 bits per heavy atom. The second kappa shape index (κ2) is 11.2. The van der Waals surface area contributed by atoms with Gasteiger partial charge >= 0.3 is 0 Å². The number of hydrogen-bond acceptors (Lipinski definition) is 6. The molecule has 3 rings (SSSR count). The molecule has 0 amide bonds. The highest BCUT2D eigenvalue weighted by molar-refractivity contribution is 9.10. The number of carbonyl (C=O) groups excluding carboxylic acids is 2. The van der Waals surface area contributed by atoms with Gasteiger partial charge in [0.2, 0.25) is 0 Å². The summed E-state index contributed by atoms with van der Waals surface area (Å²) < 4.78 is 0.791. The van der Waals surface area contributed by atoms with E-state index >= 15 is 0 Å². The Morgan fingerprint density at radius 1 is 1.16 bits per heavy atom. The summed E-state index contributed by atoms with van der Waals surface area (Å²) in [6.45, 7) is 2.35. The number of carbonyl (C=O) groups is 2. The van der Waals surface area contributed by atoms with Gasteiger partial charge in [-0.1, -0.05) is 39.7 Å². The molecule has 2 aromatic rings. The maximum atomic E-state index is 12.7. The quantitative estimate of drug-likeness (QED) is 0.356. The lowest BCUT2D eigenvalue weighted by atomic mass is 9.87. The first-order chi connectivity index (χ1) is 14.9. The topological polar surface area (TPSA) is 101 Å². The summed E-state index contributed by atoms with van der Waals surface area (Å²) in [6.07, 6.45) is 1.52. The van der Waals surface area contributed by atoms with E-state index in [1.54, 1.807) is 18.2 Å². The lowest BCUT2D eigenvalue weighted by molar-refractivity contribution is -0.124. The largest absolute Gasteiger partial charge is 0.398 e. The first-order valence-corrected chi connectivity index (χ1v) is 11.5. The monoisotopic (exact) mass is 506 g/mol. The third kappa shape index (κ3) is 6.60. The van der Waals surface area contributed by atoms with Crippen LogP contribution in [0.3, 0.4) is 0 Å². The minimum Gasteiger partial charge on any atom is -0.398 e. The van der Waals surface area contributed by atoms with E-state index in [0.29, 0.717) is 17.8 Å². The molecule has 1 fully saturated rings. The van der Waals surface area contributed by atoms with Gasteiger partial charge in [0.05, 0.1) is 13.1 Å². The molecule has 0 aliphatic carbocycles. The summed E-state index contributed by atoms with van der Waals surface area (Å²) in [5, 5.41) is 3.71. The van der Waals surface area contributed by atoms with Gasteiger partial charge in [-0.3, -0.25) is 14.5 Å². The highest BCUT2D eigenvalue weighted by atomic mass is 79.9. The summed E-state index contributed by atoms with van der Waals surface area (Å²) >= 11 is 9.32. The van der Waals surface area contributed by atoms with Gasteiger partial charge in [0.15, 0.2) is 5.78 Å². The molecule has 0 spiro atoms. The summed E-state index contributed by atoms with van der Waals surface area (Å²) in [5.41, 5.74) is 14.0. The molecule has 5 N–H and O–H groups in total. The zero-order chi connectivity index (χ0) is 22.4. The van der Waals surface area contributed by atoms with Crippen LogP contribution in [0.15, 0.2) is 46.9 Å². The fourth-order valence-electron chi connectivity index (χ4n) is 3.98. The molecule has 31 heavy (non-hydrogen) atoms. The zero-order valence-corrected chi connectivity index (χ0v) is 19.7. The van der Waals surface area contributed by atoms with Crippen molar-refractivity contribution in [3.63, 3.8) is 0 Å². The number of piperidine rings is 1. The van der Waals surface area contributed by atoms with Crippen molar-refractivity contribution < 1.29 is 9.59 Å². The lowest BCUT2D eigenvalue weighted by Crippen LogP contribution is -2.48. The average molecular weight is 508 g/mol. The van der Waals surface area contributed by atoms with Gasteiger partial charge in [0.25, 0.3) is 0 Å². The Kier molecular flexibility index (Phi) is 8.63. The zero-order valence-electron chi connectivity index (χ0n) is 17.3. The molecular weight excluding hydrogens is 480 g/mol. The fourth-order valence-corrected chi connectivity index (χ4v) is 4.47. The lowest BCUT2D eigenvalue weighted by Gasteiger charge is -2.38. The molecule has 0 bridgehead atoms. The van der Waals surface area contributed by atoms with E-state index in [2.05, 4.69) is 26.1 Å². The number of ketones is 2. The smallest absolute Gasteiger partial charge is 0.178 e. The van der Waals surface area contributed by atoms with Crippen LogP contribution in [0, 0.1) is 5.92 Å². The number of nitrogens with two attached hydrogens (primary N) is 2. The number of nitrogens with one attached hydrogen (secondary N) is 1. The normalized spacial score (nSPS) is 19.3. The molecule has 0 saturated carbocycles. The predicted molar refractivity (Wildman–Crippen MR) is 128 cm³/mol. The van der Waals surface area contributed by atoms with Crippen molar-refractivity contribution in [3.8, 4) is 0 Å². The van der Waals surface area contributed by atoms with Gasteiger partial charge in [-0.15, -0.1) is 0 Å². The molecule has 2 aromatic carbocycles. The summed E-state index contributed by atoms with van der Waals surface area (Å²) in [4.78, 5) is 27.5. The Labute approximate surface area is 196 Å². The third-order valence-corrected chi connectivity index (χ3v) is 6.51. The maximum Gasteiger partial charge on any atom is 0.178 e. The molecule has 1 heterocycles. The van der Waals surface area contributed by atoms with Gasteiger partial charge in [0, 0.05) is 45.8 Å². The average Bonchev–Trinajstić information content (AvgIpc) is 2.77. The van der Waals surface area contributed by atoms with Crippen molar-refractivity contribution >= 4 is 44.8 Å². The molecule has 1 aliphatic rings. The SMILES string of the molecule is NCC1CC(C(=O)CNCC(=O)c2cc(Br)ccc2N)CCN1Cc1ccc(Cl)cc1. The number of nitrogens with zero attached hydrogens (tertiary/aromatic N) is 1. The van der Waals surface area contributed by atoms with E-state index in [1.807, 2.05) is 24.3 Å². The molecule has 0 radical (unpaired) electrons. The molecule has 0 aromatic heterocycles. The minimum atomic E-state index is -0.135. The number of nitrogen functional groups attached to an aromatic ring is 1. The number of hydrogen-bond donors (Lipinski definition) is 3. The van der Waals surface area contributed by atoms with Gasteiger partial charge in [-0.25, -0.2) is 0 Å². The third-order valence-electron chi connectivity index (χ3n) is 5.76. The second-order valence-corrected chi connectivity index (χ2v) is 9.28. The predicted octanol–water partition coefficient (Wildman–Crippen LogP) is 3.27. The van der Waals surface area contributed by atoms with Crippen molar-refractivity contribution in [1.29, 1.82) is 0 Å². The highest BCUT2D eigenvalue weighted by Crippen LogP contribution is 2.25. The summed E-state index contributed by atoms with van der Waals surface area (Å²) in [5.74, 6) is -0.0580. The van der Waals surface area contributed by atoms with Crippen molar-refractivity contribution in [2.45, 2.75) is 25.4 Å². The number of halogens is 2. The number of anilines is 1. The van der Waals surface area contributed by atoms with Crippen molar-refractivity contribution in [2.24, 2.45) is 11.7 Å². The summed E-state index contributed by atoms with van der Waals surface area (Å²) in [6, 6.07) is 13.1. The van der Waals surface area contributed by atoms with Gasteiger partial charge in [-0.2, -0.15) is 0 Å². The van der Waals surface area contributed by atoms with Crippen molar-refractivity contribution in [1.82, 2.24) is 10.2 Å².